The Morgan fingerprint density at radius 2 is 1.95 bits per heavy atom. The van der Waals surface area contributed by atoms with Crippen LogP contribution in [0, 0.1) is 0 Å². The van der Waals surface area contributed by atoms with E-state index in [9.17, 15) is 13.6 Å². The topological polar surface area (TPSA) is 38.3 Å². The van der Waals surface area contributed by atoms with Crippen LogP contribution in [0.3, 0.4) is 0 Å². The molecule has 0 heterocycles. The summed E-state index contributed by atoms with van der Waals surface area (Å²) in [6, 6.07) is 10.5. The van der Waals surface area contributed by atoms with Crippen LogP contribution in [0.1, 0.15) is 10.4 Å². The van der Waals surface area contributed by atoms with Crippen molar-refractivity contribution in [3.05, 3.63) is 53.1 Å². The van der Waals surface area contributed by atoms with Crippen LogP contribution in [-0.2, 0) is 0 Å². The molecular formula is C14H10ClF2NO2S. The number of amides is 1. The molecule has 0 aliphatic rings. The summed E-state index contributed by atoms with van der Waals surface area (Å²) in [6.45, 7) is -2.98. The summed E-state index contributed by atoms with van der Waals surface area (Å²) < 4.78 is 29.0. The molecule has 21 heavy (non-hydrogen) atoms. The SMILES string of the molecule is O=C(Nc1ccccc1OC(F)F)c1cc(S)ccc1Cl. The van der Waals surface area contributed by atoms with E-state index in [4.69, 9.17) is 11.6 Å². The number of hydrogen-bond acceptors (Lipinski definition) is 3. The molecule has 1 amide bonds. The number of carbonyl (C=O) groups excluding carboxylic acids is 1. The lowest BCUT2D eigenvalue weighted by molar-refractivity contribution is -0.0493. The first-order chi connectivity index (χ1) is 9.97. The maximum atomic E-state index is 12.3. The number of alkyl halides is 2. The largest absolute Gasteiger partial charge is 0.433 e. The molecule has 0 unspecified atom stereocenters. The van der Waals surface area contributed by atoms with Crippen LogP contribution in [-0.4, -0.2) is 12.5 Å². The quantitative estimate of drug-likeness (QED) is 0.811. The van der Waals surface area contributed by atoms with E-state index < -0.39 is 12.5 Å². The third kappa shape index (κ3) is 4.09. The second-order valence-electron chi connectivity index (χ2n) is 3.99. The predicted octanol–water partition coefficient (Wildman–Crippen LogP) is 4.48. The lowest BCUT2D eigenvalue weighted by Crippen LogP contribution is -2.14. The van der Waals surface area contributed by atoms with Gasteiger partial charge in [-0.2, -0.15) is 8.78 Å². The van der Waals surface area contributed by atoms with E-state index in [-0.39, 0.29) is 22.0 Å². The lowest BCUT2D eigenvalue weighted by atomic mass is 10.2. The van der Waals surface area contributed by atoms with Gasteiger partial charge in [0.2, 0.25) is 0 Å². The molecule has 0 atom stereocenters. The molecule has 0 fully saturated rings. The van der Waals surface area contributed by atoms with Gasteiger partial charge in [-0.05, 0) is 30.3 Å². The summed E-state index contributed by atoms with van der Waals surface area (Å²) in [6.07, 6.45) is 0. The van der Waals surface area contributed by atoms with Crippen molar-refractivity contribution in [2.24, 2.45) is 0 Å². The van der Waals surface area contributed by atoms with Crippen LogP contribution in [0.15, 0.2) is 47.4 Å². The normalized spacial score (nSPS) is 10.5. The molecule has 0 saturated heterocycles. The minimum Gasteiger partial charge on any atom is -0.433 e. The van der Waals surface area contributed by atoms with Gasteiger partial charge in [0, 0.05) is 4.90 Å². The fourth-order valence-corrected chi connectivity index (χ4v) is 2.05. The van der Waals surface area contributed by atoms with Gasteiger partial charge in [0.05, 0.1) is 16.3 Å². The van der Waals surface area contributed by atoms with Gasteiger partial charge in [-0.1, -0.05) is 23.7 Å². The Hall–Kier alpha value is -1.79. The van der Waals surface area contributed by atoms with Gasteiger partial charge in [0.15, 0.2) is 0 Å². The van der Waals surface area contributed by atoms with Crippen LogP contribution >= 0.6 is 24.2 Å². The average Bonchev–Trinajstić information content (AvgIpc) is 2.43. The van der Waals surface area contributed by atoms with Crippen molar-refractivity contribution in [1.29, 1.82) is 0 Å². The van der Waals surface area contributed by atoms with E-state index in [1.54, 1.807) is 12.1 Å². The standard InChI is InChI=1S/C14H10ClF2NO2S/c15-10-6-5-8(21)7-9(10)13(19)18-11-3-1-2-4-12(11)20-14(16)17/h1-7,14,21H,(H,18,19). The number of benzene rings is 2. The predicted molar refractivity (Wildman–Crippen MR) is 79.7 cm³/mol. The van der Waals surface area contributed by atoms with Crippen molar-refractivity contribution in [1.82, 2.24) is 0 Å². The van der Waals surface area contributed by atoms with Gasteiger partial charge >= 0.3 is 6.61 Å². The molecule has 0 aliphatic carbocycles. The van der Waals surface area contributed by atoms with Gasteiger partial charge in [-0.15, -0.1) is 12.6 Å². The highest BCUT2D eigenvalue weighted by Gasteiger charge is 2.15. The number of para-hydroxylation sites is 2. The molecule has 0 radical (unpaired) electrons. The molecule has 2 aromatic rings. The highest BCUT2D eigenvalue weighted by atomic mass is 35.5. The maximum Gasteiger partial charge on any atom is 0.387 e. The fraction of sp³-hybridized carbons (Fsp3) is 0.0714. The monoisotopic (exact) mass is 329 g/mol. The minimum atomic E-state index is -2.98. The number of anilines is 1. The molecule has 1 N–H and O–H groups in total. The van der Waals surface area contributed by atoms with Crippen molar-refractivity contribution in [3.63, 3.8) is 0 Å². The number of nitrogens with one attached hydrogen (secondary N) is 1. The molecule has 3 nitrogen and oxygen atoms in total. The molecule has 0 bridgehead atoms. The van der Waals surface area contributed by atoms with Crippen molar-refractivity contribution in [2.75, 3.05) is 5.32 Å². The average molecular weight is 330 g/mol. The highest BCUT2D eigenvalue weighted by molar-refractivity contribution is 7.80. The Morgan fingerprint density at radius 1 is 1.24 bits per heavy atom. The molecule has 0 spiro atoms. The lowest BCUT2D eigenvalue weighted by Gasteiger charge is -2.12. The van der Waals surface area contributed by atoms with Crippen molar-refractivity contribution < 1.29 is 18.3 Å². The van der Waals surface area contributed by atoms with E-state index in [1.807, 2.05) is 0 Å². The molecule has 7 heteroatoms. The summed E-state index contributed by atoms with van der Waals surface area (Å²) in [4.78, 5) is 12.7. The maximum absolute atomic E-state index is 12.3. The second kappa shape index (κ2) is 6.78. The summed E-state index contributed by atoms with van der Waals surface area (Å²) in [5, 5.41) is 2.72. The molecule has 2 rings (SSSR count). The zero-order valence-corrected chi connectivity index (χ0v) is 12.2. The van der Waals surface area contributed by atoms with E-state index in [1.165, 1.54) is 30.3 Å². The van der Waals surface area contributed by atoms with Gasteiger partial charge in [-0.25, -0.2) is 0 Å². The minimum absolute atomic E-state index is 0.126. The van der Waals surface area contributed by atoms with Crippen molar-refractivity contribution in [2.45, 2.75) is 11.5 Å². The van der Waals surface area contributed by atoms with Gasteiger partial charge in [0.25, 0.3) is 5.91 Å². The van der Waals surface area contributed by atoms with Crippen LogP contribution in [0.4, 0.5) is 14.5 Å². The second-order valence-corrected chi connectivity index (χ2v) is 4.92. The Labute approximate surface area is 130 Å². The highest BCUT2D eigenvalue weighted by Crippen LogP contribution is 2.27. The molecule has 2 aromatic carbocycles. The molecular weight excluding hydrogens is 320 g/mol. The summed E-state index contributed by atoms with van der Waals surface area (Å²) >= 11 is 10.1. The zero-order valence-electron chi connectivity index (χ0n) is 10.5. The van der Waals surface area contributed by atoms with E-state index in [2.05, 4.69) is 22.7 Å². The van der Waals surface area contributed by atoms with Crippen molar-refractivity contribution in [3.8, 4) is 5.75 Å². The van der Waals surface area contributed by atoms with Crippen LogP contribution in [0.2, 0.25) is 5.02 Å². The van der Waals surface area contributed by atoms with Gasteiger partial charge in [-0.3, -0.25) is 4.79 Å². The van der Waals surface area contributed by atoms with Crippen LogP contribution in [0.25, 0.3) is 0 Å². The third-order valence-electron chi connectivity index (χ3n) is 2.55. The number of hydrogen-bond donors (Lipinski definition) is 2. The Bertz CT molecular complexity index is 667. The van der Waals surface area contributed by atoms with E-state index in [0.29, 0.717) is 4.90 Å². The summed E-state index contributed by atoms with van der Waals surface area (Å²) in [5.74, 6) is -0.666. The smallest absolute Gasteiger partial charge is 0.387 e. The summed E-state index contributed by atoms with van der Waals surface area (Å²) in [7, 11) is 0. The molecule has 0 aromatic heterocycles. The Balaban J connectivity index is 2.25. The first-order valence-corrected chi connectivity index (χ1v) is 6.63. The van der Waals surface area contributed by atoms with Gasteiger partial charge < -0.3 is 10.1 Å². The molecule has 0 saturated carbocycles. The fourth-order valence-electron chi connectivity index (χ4n) is 1.65. The number of ether oxygens (including phenoxy) is 1. The molecule has 110 valence electrons. The number of carbonyl (C=O) groups is 1. The van der Waals surface area contributed by atoms with Crippen molar-refractivity contribution >= 4 is 35.8 Å². The number of rotatable bonds is 4. The molecule has 0 aliphatic heterocycles. The van der Waals surface area contributed by atoms with E-state index >= 15 is 0 Å². The third-order valence-corrected chi connectivity index (χ3v) is 3.15. The first-order valence-electron chi connectivity index (χ1n) is 5.81. The van der Waals surface area contributed by atoms with E-state index in [0.717, 1.165) is 0 Å². The zero-order chi connectivity index (χ0) is 15.4. The van der Waals surface area contributed by atoms with Gasteiger partial charge in [0.1, 0.15) is 5.75 Å². The number of thiol groups is 1. The summed E-state index contributed by atoms with van der Waals surface area (Å²) in [5.41, 5.74) is 0.319. The van der Waals surface area contributed by atoms with Crippen LogP contribution in [0.5, 0.6) is 5.75 Å². The number of halogens is 3. The Kier molecular flexibility index (Phi) is 5.03. The first kappa shape index (κ1) is 15.6. The van der Waals surface area contributed by atoms with Crippen LogP contribution < -0.4 is 10.1 Å². The Morgan fingerprint density at radius 3 is 2.67 bits per heavy atom.